The van der Waals surface area contributed by atoms with Gasteiger partial charge in [-0.3, -0.25) is 0 Å². The first kappa shape index (κ1) is 19.7. The van der Waals surface area contributed by atoms with E-state index in [4.69, 9.17) is 0 Å². The van der Waals surface area contributed by atoms with Crippen molar-refractivity contribution in [2.24, 2.45) is 0 Å². The molecule has 2 aromatic carbocycles. The summed E-state index contributed by atoms with van der Waals surface area (Å²) in [5.41, 5.74) is 0.823. The van der Waals surface area contributed by atoms with Gasteiger partial charge in [0.1, 0.15) is 5.82 Å². The number of nitrogens with zero attached hydrogens (tertiary/aromatic N) is 1. The number of sulfonamides is 1. The molecule has 1 unspecified atom stereocenters. The van der Waals surface area contributed by atoms with Crippen molar-refractivity contribution in [2.45, 2.75) is 11.7 Å². The maximum atomic E-state index is 14.1. The van der Waals surface area contributed by atoms with E-state index in [1.165, 1.54) is 24.3 Å². The number of halogens is 1. The minimum Gasteiger partial charge on any atom is -0.228 e. The molecule has 27 heavy (non-hydrogen) atoms. The Kier molecular flexibility index (Phi) is 5.78. The second-order valence-corrected chi connectivity index (χ2v) is 10.4. The van der Waals surface area contributed by atoms with Crippen molar-refractivity contribution in [3.05, 3.63) is 76.9 Å². The summed E-state index contributed by atoms with van der Waals surface area (Å²) in [6, 6.07) is 14.7. The van der Waals surface area contributed by atoms with Crippen LogP contribution in [0.1, 0.15) is 22.8 Å². The highest BCUT2D eigenvalue weighted by molar-refractivity contribution is 7.92. The van der Waals surface area contributed by atoms with Gasteiger partial charge in [-0.05, 0) is 24.1 Å². The molecule has 1 fully saturated rings. The molecule has 5 nitrogen and oxygen atoms in total. The molecule has 0 N–H and O–H groups in total. The van der Waals surface area contributed by atoms with Gasteiger partial charge in [-0.25, -0.2) is 21.2 Å². The smallest absolute Gasteiger partial charge is 0.228 e. The van der Waals surface area contributed by atoms with Gasteiger partial charge in [-0.2, -0.15) is 4.31 Å². The molecule has 2 aromatic rings. The summed E-state index contributed by atoms with van der Waals surface area (Å²) in [5.74, 6) is -0.934. The van der Waals surface area contributed by atoms with Crippen LogP contribution in [0.25, 0.3) is 6.08 Å². The Morgan fingerprint density at radius 2 is 1.67 bits per heavy atom. The molecule has 0 amide bonds. The van der Waals surface area contributed by atoms with Gasteiger partial charge in [0.25, 0.3) is 0 Å². The van der Waals surface area contributed by atoms with Gasteiger partial charge in [0.2, 0.25) is 10.0 Å². The minimum absolute atomic E-state index is 0.0136. The van der Waals surface area contributed by atoms with Crippen molar-refractivity contribution in [3.8, 4) is 0 Å². The van der Waals surface area contributed by atoms with E-state index < -0.39 is 30.9 Å². The molecule has 1 saturated heterocycles. The Balaban J connectivity index is 1.83. The fourth-order valence-corrected chi connectivity index (χ4v) is 6.20. The van der Waals surface area contributed by atoms with Gasteiger partial charge in [0.15, 0.2) is 9.84 Å². The Labute approximate surface area is 159 Å². The van der Waals surface area contributed by atoms with E-state index in [0.717, 1.165) is 15.3 Å². The highest BCUT2D eigenvalue weighted by atomic mass is 32.2. The topological polar surface area (TPSA) is 71.5 Å². The van der Waals surface area contributed by atoms with E-state index in [9.17, 15) is 21.2 Å². The second-order valence-electron chi connectivity index (χ2n) is 6.32. The molecule has 1 aliphatic rings. The molecule has 0 bridgehead atoms. The van der Waals surface area contributed by atoms with Gasteiger partial charge >= 0.3 is 0 Å². The fraction of sp³-hybridized carbons (Fsp3) is 0.263. The highest BCUT2D eigenvalue weighted by Crippen LogP contribution is 2.31. The molecule has 1 atom stereocenters. The number of sulfone groups is 1. The minimum atomic E-state index is -3.78. The van der Waals surface area contributed by atoms with E-state index in [0.29, 0.717) is 0 Å². The Hall–Kier alpha value is -2.03. The molecule has 3 rings (SSSR count). The van der Waals surface area contributed by atoms with Crippen LogP contribution in [-0.2, 0) is 19.9 Å². The summed E-state index contributed by atoms with van der Waals surface area (Å²) in [5, 5.41) is 0.0373. The zero-order chi connectivity index (χ0) is 19.5. The monoisotopic (exact) mass is 409 g/mol. The van der Waals surface area contributed by atoms with E-state index >= 15 is 0 Å². The summed E-state index contributed by atoms with van der Waals surface area (Å²) in [6.07, 6.45) is 1.49. The lowest BCUT2D eigenvalue weighted by atomic mass is 10.1. The lowest BCUT2D eigenvalue weighted by molar-refractivity contribution is 0.433. The van der Waals surface area contributed by atoms with Crippen molar-refractivity contribution >= 4 is 25.9 Å². The van der Waals surface area contributed by atoms with Crippen LogP contribution in [0.4, 0.5) is 4.39 Å². The first-order chi connectivity index (χ1) is 12.8. The molecule has 0 radical (unpaired) electrons. The zero-order valence-electron chi connectivity index (χ0n) is 14.5. The van der Waals surface area contributed by atoms with Crippen molar-refractivity contribution < 1.29 is 21.2 Å². The lowest BCUT2D eigenvalue weighted by Gasteiger charge is -2.17. The summed E-state index contributed by atoms with van der Waals surface area (Å²) in [7, 11) is -7.44. The molecule has 0 aliphatic carbocycles. The van der Waals surface area contributed by atoms with Crippen LogP contribution >= 0.6 is 0 Å². The normalized spacial score (nSPS) is 21.1. The molecular formula is C19H20FNO4S2. The molecule has 1 heterocycles. The Morgan fingerprint density at radius 1 is 1.00 bits per heavy atom. The van der Waals surface area contributed by atoms with Crippen LogP contribution in [0.3, 0.4) is 0 Å². The summed E-state index contributed by atoms with van der Waals surface area (Å²) in [4.78, 5) is 0. The maximum absolute atomic E-state index is 14.1. The van der Waals surface area contributed by atoms with Crippen molar-refractivity contribution in [1.82, 2.24) is 4.31 Å². The average molecular weight is 410 g/mol. The van der Waals surface area contributed by atoms with Crippen molar-refractivity contribution in [2.75, 3.05) is 18.8 Å². The number of hydrogen-bond donors (Lipinski definition) is 0. The van der Waals surface area contributed by atoms with Gasteiger partial charge < -0.3 is 0 Å². The third-order valence-electron chi connectivity index (χ3n) is 4.54. The average Bonchev–Trinajstić information content (AvgIpc) is 2.80. The number of rotatable bonds is 4. The quantitative estimate of drug-likeness (QED) is 0.778. The number of benzene rings is 2. The van der Waals surface area contributed by atoms with Crippen LogP contribution in [0.2, 0.25) is 0 Å². The van der Waals surface area contributed by atoms with Crippen molar-refractivity contribution in [1.29, 1.82) is 0 Å². The molecule has 8 heteroatoms. The predicted octanol–water partition coefficient (Wildman–Crippen LogP) is 2.99. The summed E-state index contributed by atoms with van der Waals surface area (Å²) in [6.45, 7) is -0.131. The third kappa shape index (κ3) is 4.63. The molecule has 0 saturated carbocycles. The Morgan fingerprint density at radius 3 is 2.37 bits per heavy atom. The van der Waals surface area contributed by atoms with E-state index in [-0.39, 0.29) is 30.8 Å². The van der Waals surface area contributed by atoms with Crippen molar-refractivity contribution in [3.63, 3.8) is 0 Å². The second kappa shape index (κ2) is 7.92. The standard InChI is InChI=1S/C19H20FNO4S2/c20-18-9-5-4-8-17(18)19-10-12-21(13-15-26(19,22)23)27(24,25)14-11-16-6-2-1-3-7-16/h1-9,11,14,19H,10,12-13,15H2/b14-11+. The van der Waals surface area contributed by atoms with E-state index in [1.807, 2.05) is 6.07 Å². The van der Waals surface area contributed by atoms with Gasteiger partial charge in [-0.1, -0.05) is 48.5 Å². The summed E-state index contributed by atoms with van der Waals surface area (Å²) < 4.78 is 65.6. The van der Waals surface area contributed by atoms with Crippen LogP contribution in [0.15, 0.2) is 60.0 Å². The van der Waals surface area contributed by atoms with E-state index in [1.54, 1.807) is 30.3 Å². The van der Waals surface area contributed by atoms with Crippen LogP contribution in [0.5, 0.6) is 0 Å². The third-order valence-corrected chi connectivity index (χ3v) is 8.22. The molecule has 0 aromatic heterocycles. The lowest BCUT2D eigenvalue weighted by Crippen LogP contribution is -2.32. The zero-order valence-corrected chi connectivity index (χ0v) is 16.2. The molecule has 0 spiro atoms. The molecular weight excluding hydrogens is 389 g/mol. The van der Waals surface area contributed by atoms with Crippen LogP contribution in [0, 0.1) is 5.82 Å². The van der Waals surface area contributed by atoms with Gasteiger partial charge in [0.05, 0.1) is 11.0 Å². The van der Waals surface area contributed by atoms with E-state index in [2.05, 4.69) is 0 Å². The first-order valence-electron chi connectivity index (χ1n) is 8.49. The van der Waals surface area contributed by atoms with Gasteiger partial charge in [-0.15, -0.1) is 0 Å². The first-order valence-corrected chi connectivity index (χ1v) is 11.7. The summed E-state index contributed by atoms with van der Waals surface area (Å²) >= 11 is 0. The van der Waals surface area contributed by atoms with Crippen LogP contribution in [-0.4, -0.2) is 40.0 Å². The SMILES string of the molecule is O=S1(=O)CCN(S(=O)(=O)/C=C/c2ccccc2)CCC1c1ccccc1F. The van der Waals surface area contributed by atoms with Crippen LogP contribution < -0.4 is 0 Å². The largest absolute Gasteiger partial charge is 0.236 e. The predicted molar refractivity (Wildman–Crippen MR) is 104 cm³/mol. The number of hydrogen-bond acceptors (Lipinski definition) is 4. The Bertz CT molecular complexity index is 1030. The molecule has 144 valence electrons. The molecule has 1 aliphatic heterocycles. The fourth-order valence-electron chi connectivity index (χ4n) is 3.08. The maximum Gasteiger partial charge on any atom is 0.236 e. The van der Waals surface area contributed by atoms with Gasteiger partial charge in [0, 0.05) is 24.1 Å². The highest BCUT2D eigenvalue weighted by Gasteiger charge is 2.35.